The molecule has 1 aromatic carbocycles. The van der Waals surface area contributed by atoms with E-state index in [1.807, 2.05) is 13.2 Å². The third-order valence-corrected chi connectivity index (χ3v) is 5.37. The van der Waals surface area contributed by atoms with Crippen molar-refractivity contribution < 1.29 is 0 Å². The SMILES string of the molecule is CN=C(NCCCN1CCc2ccccc2C1)NCc1ncc(C)s1.I. The van der Waals surface area contributed by atoms with E-state index in [0.29, 0.717) is 0 Å². The smallest absolute Gasteiger partial charge is 0.191 e. The first-order valence-electron chi connectivity index (χ1n) is 8.89. The van der Waals surface area contributed by atoms with Crippen LogP contribution < -0.4 is 10.6 Å². The molecule has 142 valence electrons. The summed E-state index contributed by atoms with van der Waals surface area (Å²) in [6.07, 6.45) is 4.19. The van der Waals surface area contributed by atoms with Crippen LogP contribution in [0.1, 0.15) is 27.4 Å². The highest BCUT2D eigenvalue weighted by atomic mass is 127. The summed E-state index contributed by atoms with van der Waals surface area (Å²) in [5, 5.41) is 7.81. The van der Waals surface area contributed by atoms with Crippen LogP contribution in [0.3, 0.4) is 0 Å². The van der Waals surface area contributed by atoms with E-state index in [9.17, 15) is 0 Å². The molecule has 1 aliphatic heterocycles. The Kier molecular flexibility index (Phi) is 8.80. The molecule has 0 unspecified atom stereocenters. The zero-order chi connectivity index (χ0) is 17.5. The van der Waals surface area contributed by atoms with Gasteiger partial charge in [-0.25, -0.2) is 4.98 Å². The largest absolute Gasteiger partial charge is 0.356 e. The number of thiazole rings is 1. The molecule has 3 rings (SSSR count). The van der Waals surface area contributed by atoms with Gasteiger partial charge in [0.15, 0.2) is 5.96 Å². The number of aromatic nitrogens is 1. The van der Waals surface area contributed by atoms with E-state index in [0.717, 1.165) is 50.1 Å². The number of nitrogens with one attached hydrogen (secondary N) is 2. The fourth-order valence-electron chi connectivity index (χ4n) is 3.12. The highest BCUT2D eigenvalue weighted by Crippen LogP contribution is 2.18. The first kappa shape index (κ1) is 21.1. The second kappa shape index (κ2) is 10.8. The minimum absolute atomic E-state index is 0. The van der Waals surface area contributed by atoms with E-state index in [2.05, 4.69) is 56.7 Å². The van der Waals surface area contributed by atoms with E-state index in [1.165, 1.54) is 22.4 Å². The van der Waals surface area contributed by atoms with Crippen molar-refractivity contribution in [2.45, 2.75) is 32.9 Å². The van der Waals surface area contributed by atoms with Gasteiger partial charge in [0.1, 0.15) is 5.01 Å². The molecule has 0 atom stereocenters. The Morgan fingerprint density at radius 3 is 2.81 bits per heavy atom. The number of hydrogen-bond acceptors (Lipinski definition) is 4. The maximum atomic E-state index is 4.36. The van der Waals surface area contributed by atoms with Gasteiger partial charge in [0.25, 0.3) is 0 Å². The average molecular weight is 485 g/mol. The Bertz CT molecular complexity index is 715. The lowest BCUT2D eigenvalue weighted by molar-refractivity contribution is 0.251. The highest BCUT2D eigenvalue weighted by Gasteiger charge is 2.14. The van der Waals surface area contributed by atoms with Gasteiger partial charge >= 0.3 is 0 Å². The number of rotatable bonds is 6. The summed E-state index contributed by atoms with van der Waals surface area (Å²) in [4.78, 5) is 12.4. The predicted octanol–water partition coefficient (Wildman–Crippen LogP) is 3.18. The Morgan fingerprint density at radius 1 is 1.27 bits per heavy atom. The van der Waals surface area contributed by atoms with Gasteiger partial charge in [0.05, 0.1) is 6.54 Å². The Balaban J connectivity index is 0.00000243. The van der Waals surface area contributed by atoms with Gasteiger partial charge in [-0.05, 0) is 30.9 Å². The first-order chi connectivity index (χ1) is 12.2. The third kappa shape index (κ3) is 6.21. The molecule has 0 saturated heterocycles. The Labute approximate surface area is 177 Å². The molecule has 26 heavy (non-hydrogen) atoms. The monoisotopic (exact) mass is 485 g/mol. The van der Waals surface area contributed by atoms with Crippen LogP contribution in [0.2, 0.25) is 0 Å². The van der Waals surface area contributed by atoms with E-state index < -0.39 is 0 Å². The predicted molar refractivity (Wildman–Crippen MR) is 121 cm³/mol. The van der Waals surface area contributed by atoms with Crippen molar-refractivity contribution in [3.63, 3.8) is 0 Å². The number of guanidine groups is 1. The van der Waals surface area contributed by atoms with Gasteiger partial charge in [-0.1, -0.05) is 24.3 Å². The summed E-state index contributed by atoms with van der Waals surface area (Å²) < 4.78 is 0. The number of hydrogen-bond donors (Lipinski definition) is 2. The highest BCUT2D eigenvalue weighted by molar-refractivity contribution is 14.0. The molecule has 7 heteroatoms. The van der Waals surface area contributed by atoms with Crippen LogP contribution in [0.15, 0.2) is 35.5 Å². The molecular formula is C19H28IN5S. The van der Waals surface area contributed by atoms with Gasteiger partial charge in [-0.15, -0.1) is 35.3 Å². The lowest BCUT2D eigenvalue weighted by atomic mass is 10.00. The molecular weight excluding hydrogens is 457 g/mol. The van der Waals surface area contributed by atoms with Crippen LogP contribution >= 0.6 is 35.3 Å². The third-order valence-electron chi connectivity index (χ3n) is 4.45. The number of halogens is 1. The van der Waals surface area contributed by atoms with E-state index >= 15 is 0 Å². The summed E-state index contributed by atoms with van der Waals surface area (Å²) >= 11 is 1.72. The molecule has 0 amide bonds. The molecule has 2 aromatic rings. The molecule has 0 saturated carbocycles. The first-order valence-corrected chi connectivity index (χ1v) is 9.71. The molecule has 0 bridgehead atoms. The summed E-state index contributed by atoms with van der Waals surface area (Å²) in [5.74, 6) is 0.844. The topological polar surface area (TPSA) is 52.6 Å². The van der Waals surface area contributed by atoms with Crippen molar-refractivity contribution >= 4 is 41.3 Å². The number of aryl methyl sites for hydroxylation is 1. The van der Waals surface area contributed by atoms with Crippen molar-refractivity contribution in [1.82, 2.24) is 20.5 Å². The van der Waals surface area contributed by atoms with Crippen LogP contribution in [-0.2, 0) is 19.5 Å². The second-order valence-corrected chi connectivity index (χ2v) is 7.68. The van der Waals surface area contributed by atoms with E-state index in [-0.39, 0.29) is 24.0 Å². The Morgan fingerprint density at radius 2 is 2.08 bits per heavy atom. The molecule has 2 heterocycles. The maximum Gasteiger partial charge on any atom is 0.191 e. The van der Waals surface area contributed by atoms with Crippen molar-refractivity contribution in [3.8, 4) is 0 Å². The number of fused-ring (bicyclic) bond motifs is 1. The quantitative estimate of drug-likeness (QED) is 0.286. The van der Waals surface area contributed by atoms with Crippen molar-refractivity contribution in [2.75, 3.05) is 26.7 Å². The van der Waals surface area contributed by atoms with Crippen molar-refractivity contribution in [2.24, 2.45) is 4.99 Å². The number of nitrogens with zero attached hydrogens (tertiary/aromatic N) is 3. The molecule has 1 aliphatic rings. The second-order valence-electron chi connectivity index (χ2n) is 6.37. The van der Waals surface area contributed by atoms with E-state index in [1.54, 1.807) is 11.3 Å². The molecule has 0 aliphatic carbocycles. The summed E-state index contributed by atoms with van der Waals surface area (Å²) in [5.41, 5.74) is 3.00. The molecule has 0 fully saturated rings. The number of aliphatic imine (C=N–C) groups is 1. The molecule has 0 spiro atoms. The van der Waals surface area contributed by atoms with Crippen molar-refractivity contribution in [1.29, 1.82) is 0 Å². The zero-order valence-corrected chi connectivity index (χ0v) is 18.6. The van der Waals surface area contributed by atoms with Gasteiger partial charge < -0.3 is 10.6 Å². The summed E-state index contributed by atoms with van der Waals surface area (Å²) in [7, 11) is 1.81. The minimum atomic E-state index is 0. The maximum absolute atomic E-state index is 4.36. The fraction of sp³-hybridized carbons (Fsp3) is 0.474. The summed E-state index contributed by atoms with van der Waals surface area (Å²) in [6.45, 7) is 7.08. The van der Waals surface area contributed by atoms with E-state index in [4.69, 9.17) is 0 Å². The Hall–Kier alpha value is -1.19. The van der Waals surface area contributed by atoms with Gasteiger partial charge in [-0.3, -0.25) is 9.89 Å². The molecule has 0 radical (unpaired) electrons. The number of benzene rings is 1. The fourth-order valence-corrected chi connectivity index (χ4v) is 3.84. The molecule has 5 nitrogen and oxygen atoms in total. The van der Waals surface area contributed by atoms with Gasteiger partial charge in [0, 0.05) is 44.3 Å². The average Bonchev–Trinajstić information content (AvgIpc) is 3.06. The van der Waals surface area contributed by atoms with Gasteiger partial charge in [-0.2, -0.15) is 0 Å². The molecule has 2 N–H and O–H groups in total. The standard InChI is InChI=1S/C19H27N5S.HI/c1-15-12-22-18(25-15)13-23-19(20-2)21-9-5-10-24-11-8-16-6-3-4-7-17(16)14-24;/h3-4,6-7,12H,5,8-11,13-14H2,1-2H3,(H2,20,21,23);1H. The zero-order valence-electron chi connectivity index (χ0n) is 15.5. The lowest BCUT2D eigenvalue weighted by Crippen LogP contribution is -2.39. The normalized spacial score (nSPS) is 14.5. The van der Waals surface area contributed by atoms with Crippen LogP contribution in [0.4, 0.5) is 0 Å². The van der Waals surface area contributed by atoms with Crippen LogP contribution in [0.5, 0.6) is 0 Å². The lowest BCUT2D eigenvalue weighted by Gasteiger charge is -2.28. The van der Waals surface area contributed by atoms with Crippen molar-refractivity contribution in [3.05, 3.63) is 51.5 Å². The van der Waals surface area contributed by atoms with Crippen LogP contribution in [0, 0.1) is 6.92 Å². The summed E-state index contributed by atoms with van der Waals surface area (Å²) in [6, 6.07) is 8.80. The van der Waals surface area contributed by atoms with Crippen LogP contribution in [-0.4, -0.2) is 42.5 Å². The minimum Gasteiger partial charge on any atom is -0.356 e. The van der Waals surface area contributed by atoms with Crippen LogP contribution in [0.25, 0.3) is 0 Å². The molecule has 1 aromatic heterocycles. The van der Waals surface area contributed by atoms with Gasteiger partial charge in [0.2, 0.25) is 0 Å².